The molecule has 2 aromatic carbocycles. The number of ether oxygens (including phenoxy) is 1. The number of hydrogen-bond donors (Lipinski definition) is 1. The number of alkyl halides is 1. The monoisotopic (exact) mass is 333 g/mol. The summed E-state index contributed by atoms with van der Waals surface area (Å²) in [4.78, 5) is 0. The van der Waals surface area contributed by atoms with Gasteiger partial charge in [0.05, 0.1) is 0 Å². The van der Waals surface area contributed by atoms with Gasteiger partial charge in [-0.3, -0.25) is 0 Å². The second kappa shape index (κ2) is 8.25. The van der Waals surface area contributed by atoms with E-state index in [1.807, 2.05) is 37.3 Å². The van der Waals surface area contributed by atoms with E-state index in [0.717, 1.165) is 11.1 Å². The Hall–Kier alpha value is -1.94. The van der Waals surface area contributed by atoms with Gasteiger partial charge in [0.15, 0.2) is 11.6 Å². The molecule has 0 aliphatic rings. The van der Waals surface area contributed by atoms with Crippen molar-refractivity contribution in [3.63, 3.8) is 0 Å². The fourth-order valence-electron chi connectivity index (χ4n) is 2.36. The maximum atomic E-state index is 13.9. The molecule has 1 unspecified atom stereocenters. The highest BCUT2D eigenvalue weighted by molar-refractivity contribution is 5.31. The molecule has 24 heavy (non-hydrogen) atoms. The summed E-state index contributed by atoms with van der Waals surface area (Å²) in [6.07, 6.45) is 0.679. The maximum Gasteiger partial charge on any atom is 0.165 e. The highest BCUT2D eigenvalue weighted by Gasteiger charge is 2.16. The van der Waals surface area contributed by atoms with Crippen molar-refractivity contribution < 1.29 is 13.5 Å². The van der Waals surface area contributed by atoms with Gasteiger partial charge in [0.2, 0.25) is 0 Å². The Morgan fingerprint density at radius 1 is 1.08 bits per heavy atom. The SMILES string of the molecule is CC(Cc1ccc(F)c(OCc2ccccc2)c1)NCC(C)(C)F. The Labute approximate surface area is 142 Å². The smallest absolute Gasteiger partial charge is 0.165 e. The molecule has 2 nitrogen and oxygen atoms in total. The number of nitrogens with one attached hydrogen (secondary N) is 1. The molecule has 1 N–H and O–H groups in total. The van der Waals surface area contributed by atoms with E-state index in [1.54, 1.807) is 26.0 Å². The van der Waals surface area contributed by atoms with Crippen molar-refractivity contribution in [2.24, 2.45) is 0 Å². The minimum Gasteiger partial charge on any atom is -0.486 e. The summed E-state index contributed by atoms with van der Waals surface area (Å²) >= 11 is 0. The van der Waals surface area contributed by atoms with Crippen LogP contribution in [0.1, 0.15) is 31.9 Å². The average molecular weight is 333 g/mol. The van der Waals surface area contributed by atoms with Gasteiger partial charge in [0.25, 0.3) is 0 Å². The fraction of sp³-hybridized carbons (Fsp3) is 0.400. The molecule has 1 atom stereocenters. The van der Waals surface area contributed by atoms with Crippen molar-refractivity contribution in [3.05, 3.63) is 65.5 Å². The van der Waals surface area contributed by atoms with E-state index >= 15 is 0 Å². The Morgan fingerprint density at radius 2 is 1.79 bits per heavy atom. The molecule has 0 aliphatic heterocycles. The molecule has 0 aliphatic carbocycles. The summed E-state index contributed by atoms with van der Waals surface area (Å²) in [5.41, 5.74) is 0.694. The molecule has 0 fully saturated rings. The van der Waals surface area contributed by atoms with E-state index in [4.69, 9.17) is 4.74 Å². The molecule has 0 spiro atoms. The Balaban J connectivity index is 1.95. The van der Waals surface area contributed by atoms with Crippen LogP contribution in [0.15, 0.2) is 48.5 Å². The largest absolute Gasteiger partial charge is 0.486 e. The van der Waals surface area contributed by atoms with Gasteiger partial charge in [-0.05, 0) is 50.5 Å². The fourth-order valence-corrected chi connectivity index (χ4v) is 2.36. The van der Waals surface area contributed by atoms with Gasteiger partial charge in [0, 0.05) is 12.6 Å². The van der Waals surface area contributed by atoms with Crippen LogP contribution in [0.5, 0.6) is 5.75 Å². The lowest BCUT2D eigenvalue weighted by molar-refractivity contribution is 0.204. The Kier molecular flexibility index (Phi) is 6.32. The van der Waals surface area contributed by atoms with Crippen LogP contribution in [0.4, 0.5) is 8.78 Å². The van der Waals surface area contributed by atoms with Crippen LogP contribution in [0.2, 0.25) is 0 Å². The van der Waals surface area contributed by atoms with Crippen LogP contribution in [0.25, 0.3) is 0 Å². The van der Waals surface area contributed by atoms with Gasteiger partial charge in [-0.1, -0.05) is 36.4 Å². The van der Waals surface area contributed by atoms with Crippen molar-refractivity contribution in [2.75, 3.05) is 6.54 Å². The Morgan fingerprint density at radius 3 is 2.46 bits per heavy atom. The van der Waals surface area contributed by atoms with Gasteiger partial charge < -0.3 is 10.1 Å². The maximum absolute atomic E-state index is 13.9. The predicted octanol–water partition coefficient (Wildman–Crippen LogP) is 4.67. The van der Waals surface area contributed by atoms with Crippen LogP contribution in [0, 0.1) is 5.82 Å². The number of benzene rings is 2. The summed E-state index contributed by atoms with van der Waals surface area (Å²) in [5, 5.41) is 3.15. The average Bonchev–Trinajstić information content (AvgIpc) is 2.54. The van der Waals surface area contributed by atoms with Crippen LogP contribution in [-0.2, 0) is 13.0 Å². The third-order valence-corrected chi connectivity index (χ3v) is 3.65. The molecule has 2 aromatic rings. The van der Waals surface area contributed by atoms with Crippen molar-refractivity contribution >= 4 is 0 Å². The third kappa shape index (κ3) is 6.28. The van der Waals surface area contributed by atoms with E-state index in [9.17, 15) is 8.78 Å². The molecule has 0 aromatic heterocycles. The van der Waals surface area contributed by atoms with Crippen molar-refractivity contribution in [1.82, 2.24) is 5.32 Å². The van der Waals surface area contributed by atoms with Crippen molar-refractivity contribution in [3.8, 4) is 5.75 Å². The lowest BCUT2D eigenvalue weighted by Crippen LogP contribution is -2.37. The number of hydrogen-bond acceptors (Lipinski definition) is 2. The van der Waals surface area contributed by atoms with Gasteiger partial charge in [-0.15, -0.1) is 0 Å². The molecule has 0 saturated carbocycles. The Bertz CT molecular complexity index is 638. The third-order valence-electron chi connectivity index (χ3n) is 3.65. The van der Waals surface area contributed by atoms with Gasteiger partial charge >= 0.3 is 0 Å². The van der Waals surface area contributed by atoms with Gasteiger partial charge in [-0.2, -0.15) is 0 Å². The molecule has 0 amide bonds. The molecule has 4 heteroatoms. The second-order valence-electron chi connectivity index (χ2n) is 6.74. The van der Waals surface area contributed by atoms with Crippen molar-refractivity contribution in [1.29, 1.82) is 0 Å². The lowest BCUT2D eigenvalue weighted by Gasteiger charge is -2.20. The van der Waals surface area contributed by atoms with E-state index in [1.165, 1.54) is 6.07 Å². The predicted molar refractivity (Wildman–Crippen MR) is 93.5 cm³/mol. The lowest BCUT2D eigenvalue weighted by atomic mass is 10.1. The second-order valence-corrected chi connectivity index (χ2v) is 6.74. The van der Waals surface area contributed by atoms with Crippen LogP contribution in [-0.4, -0.2) is 18.3 Å². The molecular formula is C20H25F2NO. The molecule has 0 bridgehead atoms. The van der Waals surface area contributed by atoms with E-state index in [2.05, 4.69) is 5.32 Å². The highest BCUT2D eigenvalue weighted by Crippen LogP contribution is 2.21. The first-order valence-corrected chi connectivity index (χ1v) is 8.21. The molecule has 0 heterocycles. The van der Waals surface area contributed by atoms with E-state index in [-0.39, 0.29) is 24.2 Å². The number of halogens is 2. The zero-order chi connectivity index (χ0) is 17.6. The zero-order valence-corrected chi connectivity index (χ0v) is 14.5. The normalized spacial score (nSPS) is 12.9. The van der Waals surface area contributed by atoms with Crippen LogP contribution < -0.4 is 10.1 Å². The van der Waals surface area contributed by atoms with Crippen LogP contribution >= 0.6 is 0 Å². The highest BCUT2D eigenvalue weighted by atomic mass is 19.1. The van der Waals surface area contributed by atoms with Gasteiger partial charge in [-0.25, -0.2) is 8.78 Å². The molecule has 0 radical (unpaired) electrons. The van der Waals surface area contributed by atoms with Gasteiger partial charge in [0.1, 0.15) is 12.3 Å². The summed E-state index contributed by atoms with van der Waals surface area (Å²) in [5.74, 6) is -0.130. The van der Waals surface area contributed by atoms with Crippen molar-refractivity contribution in [2.45, 2.75) is 45.5 Å². The number of rotatable bonds is 8. The minimum absolute atomic E-state index is 0.0902. The first kappa shape index (κ1) is 18.4. The summed E-state index contributed by atoms with van der Waals surface area (Å²) in [6.45, 7) is 5.68. The summed E-state index contributed by atoms with van der Waals surface area (Å²) in [7, 11) is 0. The first-order chi connectivity index (χ1) is 11.3. The zero-order valence-electron chi connectivity index (χ0n) is 14.5. The topological polar surface area (TPSA) is 21.3 Å². The van der Waals surface area contributed by atoms with E-state index in [0.29, 0.717) is 13.0 Å². The van der Waals surface area contributed by atoms with E-state index < -0.39 is 5.67 Å². The van der Waals surface area contributed by atoms with Crippen LogP contribution in [0.3, 0.4) is 0 Å². The molecule has 2 rings (SSSR count). The molecule has 0 saturated heterocycles. The first-order valence-electron chi connectivity index (χ1n) is 8.21. The molecular weight excluding hydrogens is 308 g/mol. The summed E-state index contributed by atoms with van der Waals surface area (Å²) in [6, 6.07) is 14.6. The standard InChI is InChI=1S/C20H25F2NO/c1-15(23-14-20(2,3)22)11-17-9-10-18(21)19(12-17)24-13-16-7-5-4-6-8-16/h4-10,12,15,23H,11,13-14H2,1-3H3. The molecule has 130 valence electrons. The summed E-state index contributed by atoms with van der Waals surface area (Å²) < 4.78 is 33.1. The minimum atomic E-state index is -1.25. The quantitative estimate of drug-likeness (QED) is 0.758.